The van der Waals surface area contributed by atoms with Crippen molar-refractivity contribution in [3.63, 3.8) is 0 Å². The van der Waals surface area contributed by atoms with Crippen LogP contribution in [-0.2, 0) is 14.4 Å². The summed E-state index contributed by atoms with van der Waals surface area (Å²) in [6.07, 6.45) is 0. The van der Waals surface area contributed by atoms with E-state index >= 15 is 0 Å². The average molecular weight is 267 g/mol. The Morgan fingerprint density at radius 2 is 1.84 bits per heavy atom. The van der Waals surface area contributed by atoms with Crippen molar-refractivity contribution in [1.82, 2.24) is 0 Å². The molecule has 0 amide bonds. The van der Waals surface area contributed by atoms with Gasteiger partial charge in [-0.1, -0.05) is 5.16 Å². The van der Waals surface area contributed by atoms with E-state index in [4.69, 9.17) is 14.2 Å². The molecule has 0 heterocycles. The molecule has 0 N–H and O–H groups in total. The zero-order valence-electron chi connectivity index (χ0n) is 11.4. The molecule has 1 aromatic rings. The number of hydrogen-bond donors (Lipinski definition) is 0. The lowest BCUT2D eigenvalue weighted by Crippen LogP contribution is -2.19. The lowest BCUT2D eigenvalue weighted by atomic mass is 10.1. The number of oxime groups is 1. The van der Waals surface area contributed by atoms with Gasteiger partial charge >= 0.3 is 5.97 Å². The van der Waals surface area contributed by atoms with Crippen LogP contribution in [0.1, 0.15) is 12.5 Å². The topological polar surface area (TPSA) is 66.4 Å². The number of hydrogen-bond acceptors (Lipinski definition) is 6. The van der Waals surface area contributed by atoms with Crippen LogP contribution in [0.25, 0.3) is 0 Å². The second-order valence-corrected chi connectivity index (χ2v) is 3.41. The van der Waals surface area contributed by atoms with Gasteiger partial charge in [0.2, 0.25) is 0 Å². The number of rotatable bonds is 6. The monoisotopic (exact) mass is 267 g/mol. The maximum absolute atomic E-state index is 11.8. The zero-order valence-corrected chi connectivity index (χ0v) is 11.4. The van der Waals surface area contributed by atoms with Crippen molar-refractivity contribution in [2.24, 2.45) is 5.16 Å². The third-order valence-electron chi connectivity index (χ3n) is 2.31. The number of esters is 1. The van der Waals surface area contributed by atoms with Crippen molar-refractivity contribution >= 4 is 11.7 Å². The summed E-state index contributed by atoms with van der Waals surface area (Å²) in [5, 5.41) is 3.69. The summed E-state index contributed by atoms with van der Waals surface area (Å²) >= 11 is 0. The number of carbonyl (C=O) groups is 1. The SMILES string of the molecule is CCOC(=O)C(=NOC)c1ccc(OC)c(OC)c1. The van der Waals surface area contributed by atoms with E-state index < -0.39 is 5.97 Å². The van der Waals surface area contributed by atoms with Crippen molar-refractivity contribution in [3.8, 4) is 11.5 Å². The van der Waals surface area contributed by atoms with E-state index in [0.29, 0.717) is 17.1 Å². The Kier molecular flexibility index (Phi) is 5.66. The Hall–Kier alpha value is -2.24. The molecule has 0 aliphatic heterocycles. The highest BCUT2D eigenvalue weighted by molar-refractivity contribution is 6.43. The predicted molar refractivity (Wildman–Crippen MR) is 69.7 cm³/mol. The number of ether oxygens (including phenoxy) is 3. The Labute approximate surface area is 111 Å². The quantitative estimate of drug-likeness (QED) is 0.445. The van der Waals surface area contributed by atoms with E-state index in [0.717, 1.165) is 0 Å². The van der Waals surface area contributed by atoms with Gasteiger partial charge in [-0.3, -0.25) is 0 Å². The van der Waals surface area contributed by atoms with Gasteiger partial charge in [-0.05, 0) is 25.1 Å². The normalized spacial score (nSPS) is 10.8. The number of nitrogens with zero attached hydrogens (tertiary/aromatic N) is 1. The molecular formula is C13H17NO5. The molecular weight excluding hydrogens is 250 g/mol. The molecule has 0 aliphatic rings. The van der Waals surface area contributed by atoms with Crippen LogP contribution in [0.5, 0.6) is 11.5 Å². The largest absolute Gasteiger partial charge is 0.493 e. The van der Waals surface area contributed by atoms with Gasteiger partial charge in [-0.25, -0.2) is 4.79 Å². The van der Waals surface area contributed by atoms with Crippen molar-refractivity contribution in [1.29, 1.82) is 0 Å². The molecule has 0 aliphatic carbocycles. The van der Waals surface area contributed by atoms with Crippen molar-refractivity contribution in [2.45, 2.75) is 6.92 Å². The highest BCUT2D eigenvalue weighted by Gasteiger charge is 2.18. The van der Waals surface area contributed by atoms with Crippen LogP contribution in [-0.4, -0.2) is 39.6 Å². The van der Waals surface area contributed by atoms with Gasteiger partial charge in [-0.15, -0.1) is 0 Å². The van der Waals surface area contributed by atoms with Gasteiger partial charge in [0.15, 0.2) is 17.2 Å². The first kappa shape index (κ1) is 14.8. The molecule has 0 saturated heterocycles. The van der Waals surface area contributed by atoms with E-state index in [1.165, 1.54) is 21.3 Å². The second-order valence-electron chi connectivity index (χ2n) is 3.41. The van der Waals surface area contributed by atoms with Crippen LogP contribution in [0, 0.1) is 0 Å². The maximum Gasteiger partial charge on any atom is 0.361 e. The Bertz CT molecular complexity index is 470. The molecule has 0 radical (unpaired) electrons. The van der Waals surface area contributed by atoms with Gasteiger partial charge < -0.3 is 19.0 Å². The predicted octanol–water partition coefficient (Wildman–Crippen LogP) is 1.62. The third-order valence-corrected chi connectivity index (χ3v) is 2.31. The first-order valence-corrected chi connectivity index (χ1v) is 5.68. The molecule has 19 heavy (non-hydrogen) atoms. The van der Waals surface area contributed by atoms with Crippen LogP contribution in [0.4, 0.5) is 0 Å². The molecule has 1 aromatic carbocycles. The van der Waals surface area contributed by atoms with Crippen LogP contribution >= 0.6 is 0 Å². The van der Waals surface area contributed by atoms with Crippen molar-refractivity contribution in [2.75, 3.05) is 27.9 Å². The van der Waals surface area contributed by atoms with Crippen LogP contribution in [0.15, 0.2) is 23.4 Å². The lowest BCUT2D eigenvalue weighted by Gasteiger charge is -2.10. The van der Waals surface area contributed by atoms with Crippen LogP contribution in [0.2, 0.25) is 0 Å². The van der Waals surface area contributed by atoms with Crippen LogP contribution in [0.3, 0.4) is 0 Å². The first-order valence-electron chi connectivity index (χ1n) is 5.68. The molecule has 0 saturated carbocycles. The van der Waals surface area contributed by atoms with Gasteiger partial charge in [0.1, 0.15) is 7.11 Å². The molecule has 0 aromatic heterocycles. The minimum Gasteiger partial charge on any atom is -0.493 e. The highest BCUT2D eigenvalue weighted by atomic mass is 16.6. The lowest BCUT2D eigenvalue weighted by molar-refractivity contribution is -0.135. The molecule has 104 valence electrons. The second kappa shape index (κ2) is 7.25. The van der Waals surface area contributed by atoms with Gasteiger partial charge in [0, 0.05) is 5.56 Å². The summed E-state index contributed by atoms with van der Waals surface area (Å²) in [5.41, 5.74) is 0.600. The third kappa shape index (κ3) is 3.61. The fraction of sp³-hybridized carbons (Fsp3) is 0.385. The summed E-state index contributed by atoms with van der Waals surface area (Å²) in [4.78, 5) is 16.5. The Morgan fingerprint density at radius 1 is 1.16 bits per heavy atom. The molecule has 1 rings (SSSR count). The smallest absolute Gasteiger partial charge is 0.361 e. The summed E-state index contributed by atoms with van der Waals surface area (Å²) in [6, 6.07) is 4.99. The molecule has 0 atom stereocenters. The summed E-state index contributed by atoms with van der Waals surface area (Å²) in [5.74, 6) is 0.497. The zero-order chi connectivity index (χ0) is 14.3. The molecule has 0 bridgehead atoms. The van der Waals surface area contributed by atoms with Crippen molar-refractivity contribution in [3.05, 3.63) is 23.8 Å². The summed E-state index contributed by atoms with van der Waals surface area (Å²) in [7, 11) is 4.41. The molecule has 0 unspecified atom stereocenters. The standard InChI is InChI=1S/C13H17NO5/c1-5-19-13(15)12(14-18-4)9-6-7-10(16-2)11(8-9)17-3/h6-8H,5H2,1-4H3. The number of methoxy groups -OCH3 is 2. The molecule has 0 spiro atoms. The fourth-order valence-corrected chi connectivity index (χ4v) is 1.48. The number of benzene rings is 1. The number of carbonyl (C=O) groups excluding carboxylic acids is 1. The average Bonchev–Trinajstić information content (AvgIpc) is 2.44. The van der Waals surface area contributed by atoms with Crippen molar-refractivity contribution < 1.29 is 23.8 Å². The van der Waals surface area contributed by atoms with Crippen LogP contribution < -0.4 is 9.47 Å². The molecule has 6 heteroatoms. The minimum absolute atomic E-state index is 0.0744. The first-order chi connectivity index (χ1) is 9.17. The summed E-state index contributed by atoms with van der Waals surface area (Å²) in [6.45, 7) is 1.98. The fourth-order valence-electron chi connectivity index (χ4n) is 1.48. The van der Waals surface area contributed by atoms with Gasteiger partial charge in [-0.2, -0.15) is 0 Å². The minimum atomic E-state index is -0.559. The van der Waals surface area contributed by atoms with E-state index in [9.17, 15) is 4.79 Å². The highest BCUT2D eigenvalue weighted by Crippen LogP contribution is 2.28. The maximum atomic E-state index is 11.8. The molecule has 0 fully saturated rings. The van der Waals surface area contributed by atoms with E-state index in [-0.39, 0.29) is 12.3 Å². The van der Waals surface area contributed by atoms with E-state index in [2.05, 4.69) is 9.99 Å². The Morgan fingerprint density at radius 3 is 2.37 bits per heavy atom. The van der Waals surface area contributed by atoms with Gasteiger partial charge in [0.05, 0.1) is 20.8 Å². The van der Waals surface area contributed by atoms with E-state index in [1.54, 1.807) is 25.1 Å². The van der Waals surface area contributed by atoms with E-state index in [1.807, 2.05) is 0 Å². The van der Waals surface area contributed by atoms with Gasteiger partial charge in [0.25, 0.3) is 0 Å². The molecule has 6 nitrogen and oxygen atoms in total. The Balaban J connectivity index is 3.17. The summed E-state index contributed by atoms with van der Waals surface area (Å²) < 4.78 is 15.2.